The molecule has 0 bridgehead atoms. The van der Waals surface area contributed by atoms with Crippen molar-refractivity contribution in [3.05, 3.63) is 48.0 Å². The highest BCUT2D eigenvalue weighted by Crippen LogP contribution is 2.34. The van der Waals surface area contributed by atoms with E-state index in [2.05, 4.69) is 36.2 Å². The van der Waals surface area contributed by atoms with Crippen LogP contribution in [-0.4, -0.2) is 27.3 Å². The van der Waals surface area contributed by atoms with E-state index < -0.39 is 0 Å². The van der Waals surface area contributed by atoms with E-state index in [1.807, 2.05) is 25.1 Å². The maximum atomic E-state index is 5.98. The molecule has 0 heterocycles. The van der Waals surface area contributed by atoms with E-state index in [4.69, 9.17) is 15.2 Å². The molecule has 0 aliphatic carbocycles. The SMILES string of the molecule is CCOc1c(CCCN(C)c2ccccc2)cc(N)cc1OC. The normalized spacial score (nSPS) is 10.4. The largest absolute Gasteiger partial charge is 0.493 e. The first-order chi connectivity index (χ1) is 11.2. The lowest BCUT2D eigenvalue weighted by atomic mass is 10.1. The Kier molecular flexibility index (Phi) is 6.15. The molecule has 2 rings (SSSR count). The van der Waals surface area contributed by atoms with Crippen LogP contribution >= 0.6 is 0 Å². The molecule has 0 saturated heterocycles. The number of benzene rings is 2. The van der Waals surface area contributed by atoms with Gasteiger partial charge < -0.3 is 20.1 Å². The number of nitrogen functional groups attached to an aromatic ring is 1. The van der Waals surface area contributed by atoms with Gasteiger partial charge in [-0.15, -0.1) is 0 Å². The number of anilines is 2. The summed E-state index contributed by atoms with van der Waals surface area (Å²) >= 11 is 0. The van der Waals surface area contributed by atoms with Gasteiger partial charge in [0.2, 0.25) is 0 Å². The van der Waals surface area contributed by atoms with E-state index in [1.54, 1.807) is 7.11 Å². The minimum absolute atomic E-state index is 0.608. The van der Waals surface area contributed by atoms with Crippen molar-refractivity contribution < 1.29 is 9.47 Å². The number of methoxy groups -OCH3 is 1. The molecule has 0 aliphatic heterocycles. The fraction of sp³-hybridized carbons (Fsp3) is 0.368. The zero-order chi connectivity index (χ0) is 16.7. The van der Waals surface area contributed by atoms with Crippen molar-refractivity contribution in [1.82, 2.24) is 0 Å². The Balaban J connectivity index is 2.03. The summed E-state index contributed by atoms with van der Waals surface area (Å²) in [6.07, 6.45) is 1.91. The standard InChI is InChI=1S/C19H26N2O2/c1-4-23-19-15(13-16(20)14-18(19)22-3)9-8-12-21(2)17-10-6-5-7-11-17/h5-7,10-11,13-14H,4,8-9,12,20H2,1-3H3. The van der Waals surface area contributed by atoms with E-state index in [-0.39, 0.29) is 0 Å². The minimum Gasteiger partial charge on any atom is -0.493 e. The van der Waals surface area contributed by atoms with Gasteiger partial charge in [0.25, 0.3) is 0 Å². The number of aryl methyl sites for hydroxylation is 1. The number of ether oxygens (including phenoxy) is 2. The molecule has 2 N–H and O–H groups in total. The summed E-state index contributed by atoms with van der Waals surface area (Å²) in [5.74, 6) is 1.52. The molecule has 2 aromatic rings. The molecule has 4 nitrogen and oxygen atoms in total. The fourth-order valence-corrected chi connectivity index (χ4v) is 2.65. The van der Waals surface area contributed by atoms with Crippen LogP contribution in [0.3, 0.4) is 0 Å². The van der Waals surface area contributed by atoms with Crippen LogP contribution in [0.1, 0.15) is 18.9 Å². The summed E-state index contributed by atoms with van der Waals surface area (Å²) in [6.45, 7) is 3.55. The second-order valence-corrected chi connectivity index (χ2v) is 5.51. The van der Waals surface area contributed by atoms with Crippen molar-refractivity contribution in [1.29, 1.82) is 0 Å². The van der Waals surface area contributed by atoms with E-state index in [0.717, 1.165) is 30.7 Å². The molecule has 2 aromatic carbocycles. The minimum atomic E-state index is 0.608. The first-order valence-corrected chi connectivity index (χ1v) is 8.01. The van der Waals surface area contributed by atoms with Gasteiger partial charge in [0, 0.05) is 36.6 Å². The van der Waals surface area contributed by atoms with Gasteiger partial charge in [0.05, 0.1) is 13.7 Å². The average molecular weight is 314 g/mol. The van der Waals surface area contributed by atoms with Gasteiger partial charge in [0.1, 0.15) is 0 Å². The van der Waals surface area contributed by atoms with Crippen LogP contribution in [0, 0.1) is 0 Å². The molecule has 4 heteroatoms. The monoisotopic (exact) mass is 314 g/mol. The number of nitrogens with zero attached hydrogens (tertiary/aromatic N) is 1. The number of rotatable bonds is 8. The number of hydrogen-bond acceptors (Lipinski definition) is 4. The molecule has 23 heavy (non-hydrogen) atoms. The molecular weight excluding hydrogens is 288 g/mol. The quantitative estimate of drug-likeness (QED) is 0.754. The summed E-state index contributed by atoms with van der Waals surface area (Å²) in [6, 6.07) is 14.2. The molecule has 124 valence electrons. The molecule has 0 spiro atoms. The lowest BCUT2D eigenvalue weighted by molar-refractivity contribution is 0.307. The summed E-state index contributed by atoms with van der Waals surface area (Å²) in [5, 5.41) is 0. The molecule has 0 aliphatic rings. The van der Waals surface area contributed by atoms with Gasteiger partial charge in [0.15, 0.2) is 11.5 Å². The molecule has 0 unspecified atom stereocenters. The Hall–Kier alpha value is -2.36. The third kappa shape index (κ3) is 4.55. The first-order valence-electron chi connectivity index (χ1n) is 8.01. The second kappa shape index (κ2) is 8.32. The van der Waals surface area contributed by atoms with Gasteiger partial charge in [-0.05, 0) is 38.0 Å². The van der Waals surface area contributed by atoms with Crippen molar-refractivity contribution in [2.45, 2.75) is 19.8 Å². The van der Waals surface area contributed by atoms with Crippen molar-refractivity contribution in [2.75, 3.05) is 37.9 Å². The molecule has 0 amide bonds. The van der Waals surface area contributed by atoms with Crippen molar-refractivity contribution >= 4 is 11.4 Å². The summed E-state index contributed by atoms with van der Waals surface area (Å²) in [4.78, 5) is 2.25. The Morgan fingerprint density at radius 3 is 2.52 bits per heavy atom. The van der Waals surface area contributed by atoms with Crippen LogP contribution in [-0.2, 0) is 6.42 Å². The Morgan fingerprint density at radius 2 is 1.87 bits per heavy atom. The van der Waals surface area contributed by atoms with Gasteiger partial charge in [-0.25, -0.2) is 0 Å². The van der Waals surface area contributed by atoms with Crippen molar-refractivity contribution in [3.8, 4) is 11.5 Å². The predicted molar refractivity (Wildman–Crippen MR) is 96.6 cm³/mol. The topological polar surface area (TPSA) is 47.7 Å². The summed E-state index contributed by atoms with van der Waals surface area (Å²) in [5.41, 5.74) is 9.01. The zero-order valence-electron chi connectivity index (χ0n) is 14.2. The predicted octanol–water partition coefficient (Wildman–Crippen LogP) is 3.75. The van der Waals surface area contributed by atoms with Crippen LogP contribution < -0.4 is 20.1 Å². The summed E-state index contributed by atoms with van der Waals surface area (Å²) in [7, 11) is 3.75. The van der Waals surface area contributed by atoms with Crippen LogP contribution in [0.25, 0.3) is 0 Å². The number of hydrogen-bond donors (Lipinski definition) is 1. The Morgan fingerprint density at radius 1 is 1.13 bits per heavy atom. The van der Waals surface area contributed by atoms with Gasteiger partial charge in [-0.2, -0.15) is 0 Å². The van der Waals surface area contributed by atoms with Gasteiger partial charge in [-0.3, -0.25) is 0 Å². The van der Waals surface area contributed by atoms with Gasteiger partial charge in [-0.1, -0.05) is 18.2 Å². The van der Waals surface area contributed by atoms with Crippen LogP contribution in [0.2, 0.25) is 0 Å². The van der Waals surface area contributed by atoms with E-state index in [0.29, 0.717) is 18.0 Å². The maximum Gasteiger partial charge on any atom is 0.164 e. The zero-order valence-corrected chi connectivity index (χ0v) is 14.2. The third-order valence-corrected chi connectivity index (χ3v) is 3.80. The van der Waals surface area contributed by atoms with E-state index in [1.165, 1.54) is 5.69 Å². The summed E-state index contributed by atoms with van der Waals surface area (Å²) < 4.78 is 11.2. The van der Waals surface area contributed by atoms with Crippen molar-refractivity contribution in [2.24, 2.45) is 0 Å². The van der Waals surface area contributed by atoms with Crippen LogP contribution in [0.5, 0.6) is 11.5 Å². The lowest BCUT2D eigenvalue weighted by Gasteiger charge is -2.20. The molecule has 0 saturated carbocycles. The van der Waals surface area contributed by atoms with Gasteiger partial charge >= 0.3 is 0 Å². The molecule has 0 fully saturated rings. The van der Waals surface area contributed by atoms with Crippen molar-refractivity contribution in [3.63, 3.8) is 0 Å². The number of para-hydroxylation sites is 1. The lowest BCUT2D eigenvalue weighted by Crippen LogP contribution is -2.18. The smallest absolute Gasteiger partial charge is 0.164 e. The van der Waals surface area contributed by atoms with E-state index in [9.17, 15) is 0 Å². The highest BCUT2D eigenvalue weighted by Gasteiger charge is 2.12. The third-order valence-electron chi connectivity index (χ3n) is 3.80. The average Bonchev–Trinajstić information content (AvgIpc) is 2.57. The van der Waals surface area contributed by atoms with Crippen LogP contribution in [0.4, 0.5) is 11.4 Å². The highest BCUT2D eigenvalue weighted by molar-refractivity contribution is 5.57. The highest BCUT2D eigenvalue weighted by atomic mass is 16.5. The molecule has 0 radical (unpaired) electrons. The van der Waals surface area contributed by atoms with E-state index >= 15 is 0 Å². The number of nitrogens with two attached hydrogens (primary N) is 1. The second-order valence-electron chi connectivity index (χ2n) is 5.51. The Labute approximate surface area is 138 Å². The molecule has 0 aromatic heterocycles. The maximum absolute atomic E-state index is 5.98. The molecular formula is C19H26N2O2. The van der Waals surface area contributed by atoms with Crippen LogP contribution in [0.15, 0.2) is 42.5 Å². The first kappa shape index (κ1) is 17.0. The fourth-order valence-electron chi connectivity index (χ4n) is 2.65. The molecule has 0 atom stereocenters. The Bertz CT molecular complexity index is 614.